The van der Waals surface area contributed by atoms with Crippen molar-refractivity contribution in [2.75, 3.05) is 6.61 Å². The van der Waals surface area contributed by atoms with E-state index in [0.717, 1.165) is 38.5 Å². The summed E-state index contributed by atoms with van der Waals surface area (Å²) in [6, 6.07) is -0.641. The molecule has 0 aromatic heterocycles. The lowest BCUT2D eigenvalue weighted by Gasteiger charge is -2.19. The summed E-state index contributed by atoms with van der Waals surface area (Å²) in [5.74, 6) is -0.0700. The predicted molar refractivity (Wildman–Crippen MR) is 299 cm³/mol. The molecule has 4 nitrogen and oxygen atoms in total. The fraction of sp³-hybridized carbons (Fsp3) is 0.857. The van der Waals surface area contributed by atoms with E-state index >= 15 is 0 Å². The van der Waals surface area contributed by atoms with E-state index in [1.165, 1.54) is 270 Å². The van der Waals surface area contributed by atoms with E-state index in [1.807, 2.05) is 6.08 Å². The molecular formula is C63H119NO3. The summed E-state index contributed by atoms with van der Waals surface area (Å²) in [6.07, 6.45) is 81.5. The van der Waals surface area contributed by atoms with Gasteiger partial charge in [-0.25, -0.2) is 0 Å². The number of carbonyl (C=O) groups is 1. The Morgan fingerprint density at radius 3 is 0.955 bits per heavy atom. The largest absolute Gasteiger partial charge is 0.394 e. The Kier molecular flexibility index (Phi) is 57.2. The lowest BCUT2D eigenvalue weighted by Crippen LogP contribution is -2.45. The molecule has 0 bridgehead atoms. The molecule has 0 fully saturated rings. The number of rotatable bonds is 56. The van der Waals surface area contributed by atoms with Gasteiger partial charge in [0.2, 0.25) is 5.91 Å². The number of hydrogen-bond donors (Lipinski definition) is 3. The summed E-state index contributed by atoms with van der Waals surface area (Å²) in [5.41, 5.74) is 0. The van der Waals surface area contributed by atoms with Gasteiger partial charge in [0.25, 0.3) is 0 Å². The average molecular weight is 939 g/mol. The quantitative estimate of drug-likeness (QED) is 0.0420. The number of aliphatic hydroxyl groups excluding tert-OH is 2. The van der Waals surface area contributed by atoms with Crippen LogP contribution in [0.15, 0.2) is 48.6 Å². The number of hydrogen-bond acceptors (Lipinski definition) is 3. The minimum Gasteiger partial charge on any atom is -0.394 e. The zero-order chi connectivity index (χ0) is 48.5. The van der Waals surface area contributed by atoms with Crippen molar-refractivity contribution in [1.29, 1.82) is 0 Å². The molecule has 0 radical (unpaired) electrons. The molecule has 3 N–H and O–H groups in total. The van der Waals surface area contributed by atoms with Crippen LogP contribution < -0.4 is 5.32 Å². The highest BCUT2D eigenvalue weighted by Gasteiger charge is 2.18. The highest BCUT2D eigenvalue weighted by atomic mass is 16.3. The van der Waals surface area contributed by atoms with Crippen LogP contribution in [-0.2, 0) is 4.79 Å². The molecule has 0 aliphatic heterocycles. The molecule has 0 spiro atoms. The number of nitrogens with one attached hydrogen (secondary N) is 1. The minimum absolute atomic E-state index is 0.0700. The van der Waals surface area contributed by atoms with Gasteiger partial charge in [-0.3, -0.25) is 4.79 Å². The minimum atomic E-state index is -0.864. The van der Waals surface area contributed by atoms with Gasteiger partial charge in [0.05, 0.1) is 18.8 Å². The maximum atomic E-state index is 12.5. The lowest BCUT2D eigenvalue weighted by molar-refractivity contribution is -0.123. The second-order valence-corrected chi connectivity index (χ2v) is 20.8. The van der Waals surface area contributed by atoms with Crippen LogP contribution in [0.3, 0.4) is 0 Å². The Morgan fingerprint density at radius 2 is 0.627 bits per heavy atom. The molecule has 0 aromatic rings. The second kappa shape index (κ2) is 58.7. The van der Waals surface area contributed by atoms with Gasteiger partial charge in [0.1, 0.15) is 0 Å². The third-order valence-corrected chi connectivity index (χ3v) is 14.0. The molecule has 394 valence electrons. The molecule has 0 heterocycles. The smallest absolute Gasteiger partial charge is 0.220 e. The van der Waals surface area contributed by atoms with Gasteiger partial charge in [0, 0.05) is 6.42 Å². The lowest BCUT2D eigenvalue weighted by atomic mass is 10.0. The van der Waals surface area contributed by atoms with E-state index in [0.29, 0.717) is 6.42 Å². The first-order valence-electron chi connectivity index (χ1n) is 30.4. The van der Waals surface area contributed by atoms with Gasteiger partial charge < -0.3 is 15.5 Å². The fourth-order valence-corrected chi connectivity index (χ4v) is 9.41. The summed E-state index contributed by atoms with van der Waals surface area (Å²) < 4.78 is 0. The van der Waals surface area contributed by atoms with Crippen molar-refractivity contribution in [3.63, 3.8) is 0 Å². The SMILES string of the molecule is CCCCCCC/C=C\C/C=C\CCCCCCCCCCCCCCCCCC(=O)NC(CO)C(O)/C=C/CC/C=C/CCCCCCCCCCCCCCCCCCCCCCCC. The van der Waals surface area contributed by atoms with Gasteiger partial charge in [0.15, 0.2) is 0 Å². The molecule has 0 aromatic carbocycles. The van der Waals surface area contributed by atoms with Gasteiger partial charge in [-0.1, -0.05) is 306 Å². The number of carbonyl (C=O) groups excluding carboxylic acids is 1. The Morgan fingerprint density at radius 1 is 0.358 bits per heavy atom. The molecule has 2 atom stereocenters. The molecular weight excluding hydrogens is 819 g/mol. The van der Waals surface area contributed by atoms with E-state index in [2.05, 4.69) is 55.6 Å². The molecule has 0 aliphatic carbocycles. The summed E-state index contributed by atoms with van der Waals surface area (Å²) >= 11 is 0. The third kappa shape index (κ3) is 55.2. The summed E-state index contributed by atoms with van der Waals surface area (Å²) in [4.78, 5) is 12.5. The fourth-order valence-electron chi connectivity index (χ4n) is 9.41. The predicted octanol–water partition coefficient (Wildman–Crippen LogP) is 20.2. The second-order valence-electron chi connectivity index (χ2n) is 20.8. The molecule has 0 aliphatic rings. The molecule has 0 rings (SSSR count). The van der Waals surface area contributed by atoms with Crippen LogP contribution >= 0.6 is 0 Å². The molecule has 4 heteroatoms. The molecule has 2 unspecified atom stereocenters. The summed E-state index contributed by atoms with van der Waals surface area (Å²) in [5, 5.41) is 23.2. The zero-order valence-corrected chi connectivity index (χ0v) is 45.4. The third-order valence-electron chi connectivity index (χ3n) is 14.0. The van der Waals surface area contributed by atoms with Crippen molar-refractivity contribution in [1.82, 2.24) is 5.32 Å². The van der Waals surface area contributed by atoms with Gasteiger partial charge >= 0.3 is 0 Å². The van der Waals surface area contributed by atoms with Crippen LogP contribution in [0, 0.1) is 0 Å². The first kappa shape index (κ1) is 65.3. The van der Waals surface area contributed by atoms with Gasteiger partial charge in [-0.2, -0.15) is 0 Å². The topological polar surface area (TPSA) is 69.6 Å². The van der Waals surface area contributed by atoms with E-state index in [1.54, 1.807) is 6.08 Å². The van der Waals surface area contributed by atoms with Gasteiger partial charge in [-0.05, 0) is 64.2 Å². The van der Waals surface area contributed by atoms with E-state index in [9.17, 15) is 15.0 Å². The maximum Gasteiger partial charge on any atom is 0.220 e. The molecule has 0 saturated heterocycles. The Labute approximate surface area is 420 Å². The van der Waals surface area contributed by atoms with Crippen molar-refractivity contribution in [2.24, 2.45) is 0 Å². The van der Waals surface area contributed by atoms with E-state index < -0.39 is 12.1 Å². The van der Waals surface area contributed by atoms with Gasteiger partial charge in [-0.15, -0.1) is 0 Å². The standard InChI is InChI=1S/C63H119NO3/c1-3-5-7-9-11-13-15-17-19-21-23-25-27-29-31-33-34-36-38-40-42-44-46-48-50-52-54-56-58-62(66)61(60-65)64-63(67)59-57-55-53-51-49-47-45-43-41-39-37-35-32-30-28-26-24-22-20-18-16-14-12-10-8-6-4-2/h16,18,22,24,48,50,56,58,61-62,65-66H,3-15,17,19-21,23,25-47,49,51-55,57,59-60H2,1-2H3,(H,64,67)/b18-16-,24-22-,50-48+,58-56+. The number of allylic oxidation sites excluding steroid dienone is 7. The van der Waals surface area contributed by atoms with Crippen LogP contribution in [0.5, 0.6) is 0 Å². The molecule has 67 heavy (non-hydrogen) atoms. The Hall–Kier alpha value is -1.65. The highest BCUT2D eigenvalue weighted by molar-refractivity contribution is 5.76. The summed E-state index contributed by atoms with van der Waals surface area (Å²) in [6.45, 7) is 4.32. The van der Waals surface area contributed by atoms with Crippen molar-refractivity contribution >= 4 is 5.91 Å². The van der Waals surface area contributed by atoms with E-state index in [-0.39, 0.29) is 12.5 Å². The van der Waals surface area contributed by atoms with Crippen molar-refractivity contribution in [3.8, 4) is 0 Å². The monoisotopic (exact) mass is 938 g/mol. The molecule has 0 saturated carbocycles. The average Bonchev–Trinajstić information content (AvgIpc) is 3.33. The number of amides is 1. The van der Waals surface area contributed by atoms with Crippen LogP contribution in [0.4, 0.5) is 0 Å². The zero-order valence-electron chi connectivity index (χ0n) is 45.4. The van der Waals surface area contributed by atoms with Crippen LogP contribution in [0.1, 0.15) is 328 Å². The Balaban J connectivity index is 3.50. The summed E-state index contributed by atoms with van der Waals surface area (Å²) in [7, 11) is 0. The highest BCUT2D eigenvalue weighted by Crippen LogP contribution is 2.17. The van der Waals surface area contributed by atoms with Crippen LogP contribution in [0.2, 0.25) is 0 Å². The first-order chi connectivity index (χ1) is 33.2. The molecule has 1 amide bonds. The van der Waals surface area contributed by atoms with E-state index in [4.69, 9.17) is 0 Å². The Bertz CT molecular complexity index is 1060. The van der Waals surface area contributed by atoms with Crippen LogP contribution in [-0.4, -0.2) is 34.9 Å². The normalized spacial score (nSPS) is 13.1. The van der Waals surface area contributed by atoms with Crippen molar-refractivity contribution in [3.05, 3.63) is 48.6 Å². The van der Waals surface area contributed by atoms with Crippen molar-refractivity contribution in [2.45, 2.75) is 341 Å². The van der Waals surface area contributed by atoms with Crippen LogP contribution in [0.25, 0.3) is 0 Å². The first-order valence-corrected chi connectivity index (χ1v) is 30.4. The number of aliphatic hydroxyl groups is 2. The van der Waals surface area contributed by atoms with Crippen molar-refractivity contribution < 1.29 is 15.0 Å². The number of unbranched alkanes of at least 4 members (excludes halogenated alkanes) is 43. The maximum absolute atomic E-state index is 12.5.